The first kappa shape index (κ1) is 14.9. The maximum atomic E-state index is 11.7. The van der Waals surface area contributed by atoms with Crippen molar-refractivity contribution in [1.29, 1.82) is 0 Å². The number of ether oxygens (including phenoxy) is 1. The average Bonchev–Trinajstić information content (AvgIpc) is 2.90. The maximum Gasteiger partial charge on any atom is 0.349 e. The Morgan fingerprint density at radius 2 is 2.10 bits per heavy atom. The molecule has 0 aromatic carbocycles. The lowest BCUT2D eigenvalue weighted by molar-refractivity contribution is -0.118. The second-order valence-corrected chi connectivity index (χ2v) is 5.11. The normalized spacial score (nSPS) is 10.1. The molecule has 1 amide bonds. The largest absolute Gasteiger partial charge is 0.482 e. The standard InChI is InChI=1S/C13H13N3O4S/c1-2-8-6-9(11(21-8)12(18)19)20-7-10(17)16-13-14-4-3-5-15-13/h3-6H,2,7H2,1H3,(H,18,19)(H,14,15,16,17). The molecule has 0 radical (unpaired) electrons. The topological polar surface area (TPSA) is 101 Å². The Morgan fingerprint density at radius 1 is 1.38 bits per heavy atom. The minimum atomic E-state index is -1.07. The molecule has 8 heteroatoms. The number of anilines is 1. The summed E-state index contributed by atoms with van der Waals surface area (Å²) in [6.07, 6.45) is 3.70. The van der Waals surface area contributed by atoms with Gasteiger partial charge in [-0.1, -0.05) is 6.92 Å². The van der Waals surface area contributed by atoms with Crippen LogP contribution in [0.1, 0.15) is 21.5 Å². The third-order valence-electron chi connectivity index (χ3n) is 2.47. The third-order valence-corrected chi connectivity index (χ3v) is 3.72. The number of nitrogens with one attached hydrogen (secondary N) is 1. The first-order valence-corrected chi connectivity index (χ1v) is 6.97. The van der Waals surface area contributed by atoms with Crippen LogP contribution in [0.5, 0.6) is 5.75 Å². The van der Waals surface area contributed by atoms with E-state index in [0.717, 1.165) is 16.2 Å². The molecule has 2 rings (SSSR count). The monoisotopic (exact) mass is 307 g/mol. The number of aromatic nitrogens is 2. The molecule has 2 heterocycles. The van der Waals surface area contributed by atoms with E-state index < -0.39 is 11.9 Å². The van der Waals surface area contributed by atoms with E-state index in [2.05, 4.69) is 15.3 Å². The molecule has 2 N–H and O–H groups in total. The van der Waals surface area contributed by atoms with Crippen LogP contribution in [0.2, 0.25) is 0 Å². The molecule has 0 saturated carbocycles. The van der Waals surface area contributed by atoms with Crippen molar-refractivity contribution in [3.63, 3.8) is 0 Å². The lowest BCUT2D eigenvalue weighted by Gasteiger charge is -2.05. The van der Waals surface area contributed by atoms with E-state index in [1.165, 1.54) is 12.4 Å². The van der Waals surface area contributed by atoms with Crippen LogP contribution in [0, 0.1) is 0 Å². The number of aryl methyl sites for hydroxylation is 1. The fourth-order valence-electron chi connectivity index (χ4n) is 1.52. The average molecular weight is 307 g/mol. The van der Waals surface area contributed by atoms with E-state index in [-0.39, 0.29) is 23.2 Å². The lowest BCUT2D eigenvalue weighted by atomic mass is 10.3. The minimum absolute atomic E-state index is 0.0932. The highest BCUT2D eigenvalue weighted by Crippen LogP contribution is 2.29. The molecule has 0 aliphatic heterocycles. The molecule has 0 atom stereocenters. The second-order valence-electron chi connectivity index (χ2n) is 3.97. The first-order chi connectivity index (χ1) is 10.1. The Balaban J connectivity index is 1.98. The Labute approximate surface area is 124 Å². The zero-order valence-electron chi connectivity index (χ0n) is 11.2. The predicted molar refractivity (Wildman–Crippen MR) is 76.8 cm³/mol. The number of carbonyl (C=O) groups excluding carboxylic acids is 1. The SMILES string of the molecule is CCc1cc(OCC(=O)Nc2ncccn2)c(C(=O)O)s1. The van der Waals surface area contributed by atoms with Crippen LogP contribution in [0.4, 0.5) is 5.95 Å². The van der Waals surface area contributed by atoms with Crippen molar-refractivity contribution in [3.05, 3.63) is 34.3 Å². The van der Waals surface area contributed by atoms with Crippen LogP contribution in [0.3, 0.4) is 0 Å². The molecule has 2 aromatic heterocycles. The molecule has 0 bridgehead atoms. The highest BCUT2D eigenvalue weighted by molar-refractivity contribution is 7.14. The number of carboxylic acid groups (broad SMARTS) is 1. The fourth-order valence-corrected chi connectivity index (χ4v) is 2.40. The molecular weight excluding hydrogens is 294 g/mol. The first-order valence-electron chi connectivity index (χ1n) is 6.15. The molecule has 21 heavy (non-hydrogen) atoms. The summed E-state index contributed by atoms with van der Waals surface area (Å²) >= 11 is 1.14. The van der Waals surface area contributed by atoms with E-state index in [1.807, 2.05) is 6.92 Å². The third kappa shape index (κ3) is 3.99. The fraction of sp³-hybridized carbons (Fsp3) is 0.231. The van der Waals surface area contributed by atoms with Gasteiger partial charge in [-0.25, -0.2) is 14.8 Å². The number of hydrogen-bond acceptors (Lipinski definition) is 6. The maximum absolute atomic E-state index is 11.7. The Hall–Kier alpha value is -2.48. The summed E-state index contributed by atoms with van der Waals surface area (Å²) in [7, 11) is 0. The van der Waals surface area contributed by atoms with Crippen LogP contribution >= 0.6 is 11.3 Å². The van der Waals surface area contributed by atoms with Gasteiger partial charge in [0.25, 0.3) is 5.91 Å². The van der Waals surface area contributed by atoms with Gasteiger partial charge in [0.1, 0.15) is 5.75 Å². The summed E-state index contributed by atoms with van der Waals surface area (Å²) in [6.45, 7) is 1.61. The van der Waals surface area contributed by atoms with Gasteiger partial charge in [-0.05, 0) is 18.6 Å². The highest BCUT2D eigenvalue weighted by atomic mass is 32.1. The van der Waals surface area contributed by atoms with Gasteiger partial charge in [-0.15, -0.1) is 11.3 Å². The summed E-state index contributed by atoms with van der Waals surface area (Å²) in [5.74, 6) is -1.15. The summed E-state index contributed by atoms with van der Waals surface area (Å²) < 4.78 is 5.28. The van der Waals surface area contributed by atoms with Crippen molar-refractivity contribution < 1.29 is 19.4 Å². The summed E-state index contributed by atoms with van der Waals surface area (Å²) in [6, 6.07) is 3.27. The zero-order valence-corrected chi connectivity index (χ0v) is 12.0. The molecule has 0 saturated heterocycles. The van der Waals surface area contributed by atoms with Crippen molar-refractivity contribution in [3.8, 4) is 5.75 Å². The number of hydrogen-bond donors (Lipinski definition) is 2. The van der Waals surface area contributed by atoms with Gasteiger partial charge in [-0.3, -0.25) is 10.1 Å². The number of rotatable bonds is 6. The van der Waals surface area contributed by atoms with Crippen LogP contribution in [-0.2, 0) is 11.2 Å². The van der Waals surface area contributed by atoms with E-state index in [9.17, 15) is 9.59 Å². The Bertz CT molecular complexity index is 642. The number of thiophene rings is 1. The number of amides is 1. The summed E-state index contributed by atoms with van der Waals surface area (Å²) in [5, 5.41) is 11.5. The van der Waals surface area contributed by atoms with Gasteiger partial charge in [0.15, 0.2) is 11.5 Å². The molecule has 0 aliphatic carbocycles. The van der Waals surface area contributed by atoms with Crippen molar-refractivity contribution in [2.45, 2.75) is 13.3 Å². The molecule has 0 aliphatic rings. The van der Waals surface area contributed by atoms with E-state index >= 15 is 0 Å². The van der Waals surface area contributed by atoms with Crippen LogP contribution in [0.15, 0.2) is 24.5 Å². The number of carboxylic acids is 1. The Morgan fingerprint density at radius 3 is 2.71 bits per heavy atom. The number of aromatic carboxylic acids is 1. The molecule has 7 nitrogen and oxygen atoms in total. The van der Waals surface area contributed by atoms with Crippen LogP contribution in [0.25, 0.3) is 0 Å². The zero-order chi connectivity index (χ0) is 15.2. The molecule has 0 spiro atoms. The quantitative estimate of drug-likeness (QED) is 0.844. The molecule has 2 aromatic rings. The van der Waals surface area contributed by atoms with Crippen molar-refractivity contribution in [2.75, 3.05) is 11.9 Å². The van der Waals surface area contributed by atoms with Gasteiger partial charge < -0.3 is 9.84 Å². The summed E-state index contributed by atoms with van der Waals surface area (Å²) in [4.78, 5) is 31.4. The van der Waals surface area contributed by atoms with Crippen LogP contribution in [-0.4, -0.2) is 33.6 Å². The van der Waals surface area contributed by atoms with Crippen molar-refractivity contribution in [1.82, 2.24) is 9.97 Å². The summed E-state index contributed by atoms with van der Waals surface area (Å²) in [5.41, 5.74) is 0. The van der Waals surface area contributed by atoms with Crippen LogP contribution < -0.4 is 10.1 Å². The van der Waals surface area contributed by atoms with Crippen molar-refractivity contribution in [2.24, 2.45) is 0 Å². The molecular formula is C13H13N3O4S. The van der Waals surface area contributed by atoms with Crippen molar-refractivity contribution >= 4 is 29.2 Å². The second kappa shape index (κ2) is 6.80. The van der Waals surface area contributed by atoms with E-state index in [4.69, 9.17) is 9.84 Å². The Kier molecular flexibility index (Phi) is 4.83. The van der Waals surface area contributed by atoms with Gasteiger partial charge in [0.05, 0.1) is 0 Å². The highest BCUT2D eigenvalue weighted by Gasteiger charge is 2.17. The molecule has 110 valence electrons. The smallest absolute Gasteiger partial charge is 0.349 e. The van der Waals surface area contributed by atoms with Gasteiger partial charge >= 0.3 is 5.97 Å². The van der Waals surface area contributed by atoms with Gasteiger partial charge in [-0.2, -0.15) is 0 Å². The van der Waals surface area contributed by atoms with E-state index in [0.29, 0.717) is 6.42 Å². The van der Waals surface area contributed by atoms with Gasteiger partial charge in [0, 0.05) is 17.3 Å². The number of carbonyl (C=O) groups is 2. The van der Waals surface area contributed by atoms with Gasteiger partial charge in [0.2, 0.25) is 5.95 Å². The predicted octanol–water partition coefficient (Wildman–Crippen LogP) is 1.82. The molecule has 0 fully saturated rings. The minimum Gasteiger partial charge on any atom is -0.482 e. The van der Waals surface area contributed by atoms with E-state index in [1.54, 1.807) is 12.1 Å². The molecule has 0 unspecified atom stereocenters. The lowest BCUT2D eigenvalue weighted by Crippen LogP contribution is -2.21. The number of nitrogens with zero attached hydrogens (tertiary/aromatic N) is 2.